The molecule has 1 aliphatic rings. The van der Waals surface area contributed by atoms with Crippen LogP contribution in [0.5, 0.6) is 5.75 Å². The van der Waals surface area contributed by atoms with Crippen LogP contribution in [0.4, 0.5) is 4.39 Å². The highest BCUT2D eigenvalue weighted by atomic mass is 19.1. The van der Waals surface area contributed by atoms with E-state index in [-0.39, 0.29) is 24.5 Å². The van der Waals surface area contributed by atoms with E-state index < -0.39 is 29.2 Å². The van der Waals surface area contributed by atoms with Crippen LogP contribution >= 0.6 is 0 Å². The second kappa shape index (κ2) is 5.09. The standard InChI is InChI=1S/C13H14FNO5/c1-13(12(18)19)6-20-5-10(13)15-11(17)8-3-2-7(16)4-9(8)14/h2-4,10,16H,5-6H2,1H3,(H,15,17)(H,18,19). The molecular formula is C13H14FNO5. The van der Waals surface area contributed by atoms with Crippen molar-refractivity contribution in [2.24, 2.45) is 5.41 Å². The van der Waals surface area contributed by atoms with Gasteiger partial charge in [-0.3, -0.25) is 9.59 Å². The van der Waals surface area contributed by atoms with Gasteiger partial charge in [-0.15, -0.1) is 0 Å². The third kappa shape index (κ3) is 2.44. The van der Waals surface area contributed by atoms with Crippen molar-refractivity contribution in [2.45, 2.75) is 13.0 Å². The molecule has 0 spiro atoms. The predicted octanol–water partition coefficient (Wildman–Crippen LogP) is 0.751. The van der Waals surface area contributed by atoms with Crippen molar-refractivity contribution in [3.63, 3.8) is 0 Å². The minimum Gasteiger partial charge on any atom is -0.508 e. The van der Waals surface area contributed by atoms with Crippen LogP contribution < -0.4 is 5.32 Å². The molecule has 7 heteroatoms. The van der Waals surface area contributed by atoms with Crippen molar-refractivity contribution in [2.75, 3.05) is 13.2 Å². The van der Waals surface area contributed by atoms with Crippen molar-refractivity contribution >= 4 is 11.9 Å². The molecule has 3 N–H and O–H groups in total. The zero-order valence-electron chi connectivity index (χ0n) is 10.7. The number of hydrogen-bond donors (Lipinski definition) is 3. The largest absolute Gasteiger partial charge is 0.508 e. The summed E-state index contributed by atoms with van der Waals surface area (Å²) in [7, 11) is 0. The van der Waals surface area contributed by atoms with Gasteiger partial charge < -0.3 is 20.3 Å². The number of rotatable bonds is 3. The van der Waals surface area contributed by atoms with Gasteiger partial charge in [-0.2, -0.15) is 0 Å². The van der Waals surface area contributed by atoms with Gasteiger partial charge in [0.1, 0.15) is 17.0 Å². The fourth-order valence-corrected chi connectivity index (χ4v) is 2.01. The molecule has 0 aliphatic carbocycles. The Morgan fingerprint density at radius 1 is 1.50 bits per heavy atom. The number of halogens is 1. The molecule has 1 aliphatic heterocycles. The highest BCUT2D eigenvalue weighted by Crippen LogP contribution is 2.29. The Hall–Kier alpha value is -2.15. The molecule has 2 rings (SSSR count). The Bertz CT molecular complexity index is 562. The number of carbonyl (C=O) groups excluding carboxylic acids is 1. The molecule has 0 bridgehead atoms. The number of phenols is 1. The van der Waals surface area contributed by atoms with Crippen LogP contribution in [0.3, 0.4) is 0 Å². The number of carboxylic acid groups (broad SMARTS) is 1. The molecule has 1 aromatic carbocycles. The summed E-state index contributed by atoms with van der Waals surface area (Å²) in [6.07, 6.45) is 0. The van der Waals surface area contributed by atoms with Gasteiger partial charge in [-0.05, 0) is 19.1 Å². The molecule has 2 unspecified atom stereocenters. The quantitative estimate of drug-likeness (QED) is 0.760. The fourth-order valence-electron chi connectivity index (χ4n) is 2.01. The van der Waals surface area contributed by atoms with Crippen molar-refractivity contribution in [3.05, 3.63) is 29.6 Å². The average Bonchev–Trinajstić information content (AvgIpc) is 2.72. The minimum atomic E-state index is -1.25. The summed E-state index contributed by atoms with van der Waals surface area (Å²) in [6.45, 7) is 1.49. The summed E-state index contributed by atoms with van der Waals surface area (Å²) in [5.41, 5.74) is -1.51. The molecule has 1 fully saturated rings. The number of carboxylic acids is 1. The first-order valence-electron chi connectivity index (χ1n) is 5.95. The SMILES string of the molecule is CC1(C(=O)O)COCC1NC(=O)c1ccc(O)cc1F. The maximum atomic E-state index is 13.6. The van der Waals surface area contributed by atoms with Crippen LogP contribution in [0, 0.1) is 11.2 Å². The number of hydrogen-bond acceptors (Lipinski definition) is 4. The van der Waals surface area contributed by atoms with E-state index in [1.54, 1.807) is 0 Å². The molecule has 0 radical (unpaired) electrons. The van der Waals surface area contributed by atoms with Crippen molar-refractivity contribution in [3.8, 4) is 5.75 Å². The lowest BCUT2D eigenvalue weighted by Crippen LogP contribution is -2.49. The molecule has 1 saturated heterocycles. The van der Waals surface area contributed by atoms with Crippen LogP contribution in [0.15, 0.2) is 18.2 Å². The summed E-state index contributed by atoms with van der Waals surface area (Å²) in [5.74, 6) is -3.01. The van der Waals surface area contributed by atoms with E-state index in [1.165, 1.54) is 13.0 Å². The first kappa shape index (κ1) is 14.3. The molecule has 6 nitrogen and oxygen atoms in total. The zero-order valence-corrected chi connectivity index (χ0v) is 10.7. The van der Waals surface area contributed by atoms with E-state index in [0.717, 1.165) is 12.1 Å². The van der Waals surface area contributed by atoms with Crippen LogP contribution in [0.25, 0.3) is 0 Å². The smallest absolute Gasteiger partial charge is 0.313 e. The van der Waals surface area contributed by atoms with Gasteiger partial charge in [0.15, 0.2) is 0 Å². The number of aliphatic carboxylic acids is 1. The van der Waals surface area contributed by atoms with E-state index in [1.807, 2.05) is 0 Å². The van der Waals surface area contributed by atoms with Crippen molar-refractivity contribution in [1.82, 2.24) is 5.32 Å². The molecule has 108 valence electrons. The van der Waals surface area contributed by atoms with Crippen LogP contribution in [-0.2, 0) is 9.53 Å². The monoisotopic (exact) mass is 283 g/mol. The number of amides is 1. The lowest BCUT2D eigenvalue weighted by Gasteiger charge is -2.25. The van der Waals surface area contributed by atoms with Gasteiger partial charge in [-0.25, -0.2) is 4.39 Å². The number of ether oxygens (including phenoxy) is 1. The number of aromatic hydroxyl groups is 1. The first-order valence-corrected chi connectivity index (χ1v) is 5.95. The second-order valence-electron chi connectivity index (χ2n) is 4.93. The second-order valence-corrected chi connectivity index (χ2v) is 4.93. The molecule has 2 atom stereocenters. The normalized spacial score (nSPS) is 25.4. The van der Waals surface area contributed by atoms with E-state index in [9.17, 15) is 19.1 Å². The van der Waals surface area contributed by atoms with Gasteiger partial charge in [0.25, 0.3) is 5.91 Å². The van der Waals surface area contributed by atoms with E-state index >= 15 is 0 Å². The zero-order chi connectivity index (χ0) is 14.9. The molecule has 20 heavy (non-hydrogen) atoms. The van der Waals surface area contributed by atoms with Gasteiger partial charge in [0.05, 0.1) is 24.8 Å². The molecule has 1 aromatic rings. The topological polar surface area (TPSA) is 95.9 Å². The van der Waals surface area contributed by atoms with Crippen molar-refractivity contribution < 1.29 is 28.9 Å². The lowest BCUT2D eigenvalue weighted by atomic mass is 9.85. The maximum absolute atomic E-state index is 13.6. The number of carbonyl (C=O) groups is 2. The highest BCUT2D eigenvalue weighted by molar-refractivity contribution is 5.95. The Kier molecular flexibility index (Phi) is 3.63. The number of phenolic OH excluding ortho intramolecular Hbond substituents is 1. The third-order valence-corrected chi connectivity index (χ3v) is 3.45. The number of nitrogens with one attached hydrogen (secondary N) is 1. The molecule has 0 saturated carbocycles. The van der Waals surface area contributed by atoms with E-state index in [2.05, 4.69) is 5.32 Å². The van der Waals surface area contributed by atoms with Crippen LogP contribution in [-0.4, -0.2) is 41.3 Å². The minimum absolute atomic E-state index is 0.0225. The van der Waals surface area contributed by atoms with Gasteiger partial charge >= 0.3 is 5.97 Å². The predicted molar refractivity (Wildman–Crippen MR) is 65.9 cm³/mol. The average molecular weight is 283 g/mol. The van der Waals surface area contributed by atoms with E-state index in [4.69, 9.17) is 9.84 Å². The Labute approximate surface area is 114 Å². The summed E-state index contributed by atoms with van der Waals surface area (Å²) in [6, 6.07) is 2.38. The Morgan fingerprint density at radius 2 is 2.20 bits per heavy atom. The fraction of sp³-hybridized carbons (Fsp3) is 0.385. The third-order valence-electron chi connectivity index (χ3n) is 3.45. The lowest BCUT2D eigenvalue weighted by molar-refractivity contribution is -0.148. The maximum Gasteiger partial charge on any atom is 0.313 e. The Balaban J connectivity index is 2.17. The highest BCUT2D eigenvalue weighted by Gasteiger charge is 2.47. The summed E-state index contributed by atoms with van der Waals surface area (Å²) < 4.78 is 18.6. The van der Waals surface area contributed by atoms with Crippen LogP contribution in [0.1, 0.15) is 17.3 Å². The molecule has 1 heterocycles. The van der Waals surface area contributed by atoms with E-state index in [0.29, 0.717) is 0 Å². The van der Waals surface area contributed by atoms with Crippen molar-refractivity contribution in [1.29, 1.82) is 0 Å². The van der Waals surface area contributed by atoms with Gasteiger partial charge in [0, 0.05) is 6.07 Å². The first-order chi connectivity index (χ1) is 9.34. The molecule has 1 amide bonds. The van der Waals surface area contributed by atoms with Gasteiger partial charge in [-0.1, -0.05) is 0 Å². The summed E-state index contributed by atoms with van der Waals surface area (Å²) >= 11 is 0. The molecule has 0 aromatic heterocycles. The van der Waals surface area contributed by atoms with Crippen LogP contribution in [0.2, 0.25) is 0 Å². The van der Waals surface area contributed by atoms with Gasteiger partial charge in [0.2, 0.25) is 0 Å². The Morgan fingerprint density at radius 3 is 2.80 bits per heavy atom. The summed E-state index contributed by atoms with van der Waals surface area (Å²) in [4.78, 5) is 23.2. The summed E-state index contributed by atoms with van der Waals surface area (Å²) in [5, 5.41) is 20.7. The number of benzene rings is 1. The molecular weight excluding hydrogens is 269 g/mol.